The summed E-state index contributed by atoms with van der Waals surface area (Å²) in [5, 5.41) is 3.39. The van der Waals surface area contributed by atoms with E-state index in [0.29, 0.717) is 11.8 Å². The molecule has 0 heterocycles. The third-order valence-corrected chi connectivity index (χ3v) is 3.76. The summed E-state index contributed by atoms with van der Waals surface area (Å²) in [7, 11) is 0. The van der Waals surface area contributed by atoms with Crippen LogP contribution in [0.25, 0.3) is 0 Å². The normalized spacial score (nSPS) is 20.3. The van der Waals surface area contributed by atoms with E-state index in [1.165, 1.54) is 25.7 Å². The van der Waals surface area contributed by atoms with Gasteiger partial charge in [0.2, 0.25) is 0 Å². The smallest absolute Gasteiger partial charge is 0.165 e. The van der Waals surface area contributed by atoms with Gasteiger partial charge in [-0.2, -0.15) is 0 Å². The van der Waals surface area contributed by atoms with Crippen molar-refractivity contribution in [3.8, 4) is 5.75 Å². The second-order valence-corrected chi connectivity index (χ2v) is 5.44. The average Bonchev–Trinajstić information content (AvgIpc) is 3.06. The van der Waals surface area contributed by atoms with Crippen LogP contribution in [0.3, 0.4) is 0 Å². The number of ether oxygens (including phenoxy) is 1. The Morgan fingerprint density at radius 1 is 1.17 bits per heavy atom. The van der Waals surface area contributed by atoms with E-state index in [2.05, 4.69) is 5.32 Å². The van der Waals surface area contributed by atoms with Crippen LogP contribution in [0.4, 0.5) is 4.39 Å². The molecule has 0 atom stereocenters. The molecule has 0 aliphatic heterocycles. The van der Waals surface area contributed by atoms with Crippen molar-refractivity contribution in [2.45, 2.75) is 57.2 Å². The van der Waals surface area contributed by atoms with E-state index >= 15 is 0 Å². The maximum atomic E-state index is 13.9. The number of nitrogens with one attached hydrogen (secondary N) is 1. The van der Waals surface area contributed by atoms with Crippen LogP contribution in [0.1, 0.15) is 44.1 Å². The lowest BCUT2D eigenvalue weighted by molar-refractivity contribution is 0.200. The Morgan fingerprint density at radius 3 is 2.61 bits per heavy atom. The number of hydrogen-bond acceptors (Lipinski definition) is 2. The van der Waals surface area contributed by atoms with E-state index in [4.69, 9.17) is 4.74 Å². The Balaban J connectivity index is 1.60. The van der Waals surface area contributed by atoms with Gasteiger partial charge in [0.15, 0.2) is 11.6 Å². The van der Waals surface area contributed by atoms with Gasteiger partial charge in [0.1, 0.15) is 0 Å². The fourth-order valence-electron chi connectivity index (χ4n) is 2.49. The fraction of sp³-hybridized carbons (Fsp3) is 0.600. The van der Waals surface area contributed by atoms with Crippen molar-refractivity contribution in [3.63, 3.8) is 0 Å². The zero-order valence-corrected chi connectivity index (χ0v) is 10.6. The fourth-order valence-corrected chi connectivity index (χ4v) is 2.49. The predicted molar refractivity (Wildman–Crippen MR) is 69.1 cm³/mol. The molecule has 98 valence electrons. The molecule has 1 aromatic carbocycles. The molecule has 0 aromatic heterocycles. The molecule has 2 nitrogen and oxygen atoms in total. The Morgan fingerprint density at radius 2 is 1.94 bits per heavy atom. The van der Waals surface area contributed by atoms with Crippen LogP contribution < -0.4 is 10.1 Å². The first-order valence-corrected chi connectivity index (χ1v) is 7.00. The number of rotatable bonds is 5. The average molecular weight is 249 g/mol. The summed E-state index contributed by atoms with van der Waals surface area (Å²) in [6.07, 6.45) is 7.26. The summed E-state index contributed by atoms with van der Waals surface area (Å²) in [5.74, 6) is 0.189. The molecule has 0 saturated heterocycles. The molecule has 1 aromatic rings. The van der Waals surface area contributed by atoms with Crippen molar-refractivity contribution in [2.24, 2.45) is 0 Å². The molecule has 0 spiro atoms. The zero-order valence-electron chi connectivity index (χ0n) is 10.6. The molecule has 3 rings (SSSR count). The van der Waals surface area contributed by atoms with Crippen LogP contribution >= 0.6 is 0 Å². The quantitative estimate of drug-likeness (QED) is 0.863. The molecule has 1 N–H and O–H groups in total. The first kappa shape index (κ1) is 12.0. The van der Waals surface area contributed by atoms with E-state index in [0.717, 1.165) is 24.9 Å². The molecular formula is C15H20FNO. The second kappa shape index (κ2) is 5.27. The summed E-state index contributed by atoms with van der Waals surface area (Å²) in [6.45, 7) is 0.755. The molecule has 2 aliphatic carbocycles. The Labute approximate surface area is 108 Å². The molecule has 3 heteroatoms. The highest BCUT2D eigenvalue weighted by Crippen LogP contribution is 2.27. The third-order valence-electron chi connectivity index (χ3n) is 3.76. The largest absolute Gasteiger partial charge is 0.487 e. The first-order valence-electron chi connectivity index (χ1n) is 7.00. The summed E-state index contributed by atoms with van der Waals surface area (Å²) >= 11 is 0. The number of hydrogen-bond donors (Lipinski definition) is 1. The van der Waals surface area contributed by atoms with Crippen LogP contribution in [-0.2, 0) is 6.54 Å². The first-order chi connectivity index (χ1) is 8.81. The monoisotopic (exact) mass is 249 g/mol. The van der Waals surface area contributed by atoms with Gasteiger partial charge in [0.05, 0.1) is 6.10 Å². The van der Waals surface area contributed by atoms with Gasteiger partial charge in [0.25, 0.3) is 0 Å². The summed E-state index contributed by atoms with van der Waals surface area (Å²) < 4.78 is 19.6. The molecule has 0 bridgehead atoms. The molecule has 0 amide bonds. The van der Waals surface area contributed by atoms with Gasteiger partial charge in [0, 0.05) is 12.6 Å². The molecule has 0 radical (unpaired) electrons. The predicted octanol–water partition coefficient (Wildman–Crippen LogP) is 3.40. The third kappa shape index (κ3) is 3.02. The van der Waals surface area contributed by atoms with Gasteiger partial charge < -0.3 is 10.1 Å². The molecule has 0 unspecified atom stereocenters. The SMILES string of the molecule is Fc1cc(CNC2CC2)ccc1OC1CCCC1. The zero-order chi connectivity index (χ0) is 12.4. The summed E-state index contributed by atoms with van der Waals surface area (Å²) in [6, 6.07) is 5.99. The van der Waals surface area contributed by atoms with Gasteiger partial charge in [-0.1, -0.05) is 6.07 Å². The van der Waals surface area contributed by atoms with Crippen LogP contribution in [0, 0.1) is 5.82 Å². The molecule has 18 heavy (non-hydrogen) atoms. The van der Waals surface area contributed by atoms with Crippen molar-refractivity contribution < 1.29 is 9.13 Å². The Hall–Kier alpha value is -1.09. The minimum Gasteiger partial charge on any atom is -0.487 e. The topological polar surface area (TPSA) is 21.3 Å². The highest BCUT2D eigenvalue weighted by atomic mass is 19.1. The lowest BCUT2D eigenvalue weighted by Crippen LogP contribution is -2.16. The Kier molecular flexibility index (Phi) is 3.50. The van der Waals surface area contributed by atoms with Gasteiger partial charge in [-0.25, -0.2) is 4.39 Å². The minimum absolute atomic E-state index is 0.218. The maximum absolute atomic E-state index is 13.9. The lowest BCUT2D eigenvalue weighted by Gasteiger charge is -2.14. The highest BCUT2D eigenvalue weighted by molar-refractivity contribution is 5.29. The molecule has 2 saturated carbocycles. The van der Waals surface area contributed by atoms with Crippen molar-refractivity contribution in [3.05, 3.63) is 29.6 Å². The van der Waals surface area contributed by atoms with Crippen molar-refractivity contribution in [1.29, 1.82) is 0 Å². The molecule has 2 fully saturated rings. The van der Waals surface area contributed by atoms with Gasteiger partial charge in [-0.05, 0) is 56.2 Å². The minimum atomic E-state index is -0.225. The standard InChI is InChI=1S/C15H20FNO/c16-14-9-11(10-17-12-6-7-12)5-8-15(14)18-13-3-1-2-4-13/h5,8-9,12-13,17H,1-4,6-7,10H2. The van der Waals surface area contributed by atoms with Crippen LogP contribution in [-0.4, -0.2) is 12.1 Å². The van der Waals surface area contributed by atoms with E-state index in [9.17, 15) is 4.39 Å². The summed E-state index contributed by atoms with van der Waals surface area (Å²) in [4.78, 5) is 0. The molecule has 2 aliphatic rings. The number of benzene rings is 1. The molecular weight excluding hydrogens is 229 g/mol. The van der Waals surface area contributed by atoms with Crippen molar-refractivity contribution in [2.75, 3.05) is 0 Å². The van der Waals surface area contributed by atoms with Crippen molar-refractivity contribution in [1.82, 2.24) is 5.32 Å². The Bertz CT molecular complexity index is 411. The van der Waals surface area contributed by atoms with E-state index in [-0.39, 0.29) is 11.9 Å². The van der Waals surface area contributed by atoms with Crippen LogP contribution in [0.15, 0.2) is 18.2 Å². The highest BCUT2D eigenvalue weighted by Gasteiger charge is 2.21. The van der Waals surface area contributed by atoms with Gasteiger partial charge in [-0.15, -0.1) is 0 Å². The van der Waals surface area contributed by atoms with E-state index < -0.39 is 0 Å². The van der Waals surface area contributed by atoms with Gasteiger partial charge >= 0.3 is 0 Å². The van der Waals surface area contributed by atoms with Crippen LogP contribution in [0.5, 0.6) is 5.75 Å². The van der Waals surface area contributed by atoms with Crippen LogP contribution in [0.2, 0.25) is 0 Å². The lowest BCUT2D eigenvalue weighted by atomic mass is 10.2. The van der Waals surface area contributed by atoms with E-state index in [1.807, 2.05) is 6.07 Å². The maximum Gasteiger partial charge on any atom is 0.165 e. The van der Waals surface area contributed by atoms with Gasteiger partial charge in [-0.3, -0.25) is 0 Å². The van der Waals surface area contributed by atoms with Crippen molar-refractivity contribution >= 4 is 0 Å². The van der Waals surface area contributed by atoms with E-state index in [1.54, 1.807) is 12.1 Å². The second-order valence-electron chi connectivity index (χ2n) is 5.44. The summed E-state index contributed by atoms with van der Waals surface area (Å²) in [5.41, 5.74) is 0.998. The number of halogens is 1.